The summed E-state index contributed by atoms with van der Waals surface area (Å²) < 4.78 is 4.65. The van der Waals surface area contributed by atoms with Crippen molar-refractivity contribution in [3.63, 3.8) is 0 Å². The van der Waals surface area contributed by atoms with Gasteiger partial charge in [-0.2, -0.15) is 0 Å². The van der Waals surface area contributed by atoms with Crippen LogP contribution in [-0.2, 0) is 15.1 Å². The summed E-state index contributed by atoms with van der Waals surface area (Å²) >= 11 is 0. The predicted molar refractivity (Wildman–Crippen MR) is 81.6 cm³/mol. The summed E-state index contributed by atoms with van der Waals surface area (Å²) in [5.41, 5.74) is 1.03. The van der Waals surface area contributed by atoms with Gasteiger partial charge in [0.2, 0.25) is 0 Å². The highest BCUT2D eigenvalue weighted by atomic mass is 16.5. The van der Waals surface area contributed by atoms with Gasteiger partial charge >= 0.3 is 5.97 Å². The second-order valence-corrected chi connectivity index (χ2v) is 5.44. The van der Waals surface area contributed by atoms with Crippen molar-refractivity contribution in [3.8, 4) is 0 Å². The number of carbonyl (C=O) groups excluding carboxylic acids is 1. The van der Waals surface area contributed by atoms with E-state index >= 15 is 0 Å². The summed E-state index contributed by atoms with van der Waals surface area (Å²) in [4.78, 5) is 11.1. The summed E-state index contributed by atoms with van der Waals surface area (Å²) in [5, 5.41) is 5.87. The Balaban J connectivity index is 2.12. The first-order valence-corrected chi connectivity index (χ1v) is 6.84. The van der Waals surface area contributed by atoms with E-state index in [1.807, 2.05) is 12.1 Å². The number of rotatable bonds is 5. The van der Waals surface area contributed by atoms with E-state index < -0.39 is 0 Å². The van der Waals surface area contributed by atoms with Gasteiger partial charge in [0.1, 0.15) is 0 Å². The molecule has 0 saturated carbocycles. The number of carbonyl (C=O) groups is 1. The first-order chi connectivity index (χ1) is 9.53. The first kappa shape index (κ1) is 14.5. The van der Waals surface area contributed by atoms with Gasteiger partial charge in [-0.05, 0) is 36.2 Å². The lowest BCUT2D eigenvalue weighted by Gasteiger charge is -2.27. The molecule has 0 heterocycles. The van der Waals surface area contributed by atoms with Crippen molar-refractivity contribution in [1.82, 2.24) is 5.32 Å². The molecule has 3 heteroatoms. The van der Waals surface area contributed by atoms with Gasteiger partial charge in [0, 0.05) is 12.1 Å². The Bertz CT molecular complexity index is 605. The summed E-state index contributed by atoms with van der Waals surface area (Å²) in [6.45, 7) is 4.84. The Morgan fingerprint density at radius 2 is 1.85 bits per heavy atom. The standard InChI is InChI=1S/C17H21NO2/c1-17(2,18-11-10-16(19)20-3)15-9-8-13-6-4-5-7-14(13)12-15/h4-9,12,18H,10-11H2,1-3H3. The maximum absolute atomic E-state index is 11.1. The van der Waals surface area contributed by atoms with Crippen LogP contribution in [-0.4, -0.2) is 19.6 Å². The van der Waals surface area contributed by atoms with Gasteiger partial charge in [0.25, 0.3) is 0 Å². The molecule has 0 bridgehead atoms. The predicted octanol–water partition coefficient (Wildman–Crippen LogP) is 3.23. The van der Waals surface area contributed by atoms with E-state index in [0.717, 1.165) is 0 Å². The van der Waals surface area contributed by atoms with Crippen molar-refractivity contribution in [2.75, 3.05) is 13.7 Å². The molecule has 106 valence electrons. The fourth-order valence-electron chi connectivity index (χ4n) is 2.26. The van der Waals surface area contributed by atoms with E-state index in [0.29, 0.717) is 13.0 Å². The van der Waals surface area contributed by atoms with Crippen LogP contribution in [0.25, 0.3) is 10.8 Å². The van der Waals surface area contributed by atoms with E-state index in [4.69, 9.17) is 0 Å². The molecule has 0 aromatic heterocycles. The number of hydrogen-bond donors (Lipinski definition) is 1. The molecule has 0 aliphatic heterocycles. The van der Waals surface area contributed by atoms with Gasteiger partial charge in [-0.15, -0.1) is 0 Å². The van der Waals surface area contributed by atoms with Gasteiger partial charge in [-0.3, -0.25) is 4.79 Å². The summed E-state index contributed by atoms with van der Waals surface area (Å²) in [6, 6.07) is 14.8. The average molecular weight is 271 g/mol. The molecule has 0 fully saturated rings. The van der Waals surface area contributed by atoms with E-state index in [-0.39, 0.29) is 11.5 Å². The zero-order chi connectivity index (χ0) is 14.6. The van der Waals surface area contributed by atoms with Crippen LogP contribution in [0.4, 0.5) is 0 Å². The fraction of sp³-hybridized carbons (Fsp3) is 0.353. The van der Waals surface area contributed by atoms with Crippen LogP contribution in [0, 0.1) is 0 Å². The maximum Gasteiger partial charge on any atom is 0.306 e. The Kier molecular flexibility index (Phi) is 4.40. The van der Waals surface area contributed by atoms with Crippen molar-refractivity contribution in [2.45, 2.75) is 25.8 Å². The second kappa shape index (κ2) is 6.06. The molecule has 0 radical (unpaired) electrons. The highest BCUT2D eigenvalue weighted by Crippen LogP contribution is 2.24. The average Bonchev–Trinajstić information content (AvgIpc) is 2.46. The number of ether oxygens (including phenoxy) is 1. The van der Waals surface area contributed by atoms with Crippen LogP contribution >= 0.6 is 0 Å². The number of fused-ring (bicyclic) bond motifs is 1. The monoisotopic (exact) mass is 271 g/mol. The van der Waals surface area contributed by atoms with Gasteiger partial charge in [-0.25, -0.2) is 0 Å². The quantitative estimate of drug-likeness (QED) is 0.848. The molecule has 2 aromatic carbocycles. The lowest BCUT2D eigenvalue weighted by atomic mass is 9.92. The molecule has 20 heavy (non-hydrogen) atoms. The SMILES string of the molecule is COC(=O)CCNC(C)(C)c1ccc2ccccc2c1. The van der Waals surface area contributed by atoms with Crippen molar-refractivity contribution >= 4 is 16.7 Å². The van der Waals surface area contributed by atoms with Gasteiger partial charge < -0.3 is 10.1 Å². The van der Waals surface area contributed by atoms with Crippen molar-refractivity contribution in [2.24, 2.45) is 0 Å². The summed E-state index contributed by atoms with van der Waals surface area (Å²) in [5.74, 6) is -0.188. The Labute approximate surface area is 119 Å². The molecule has 0 saturated heterocycles. The molecular formula is C17H21NO2. The van der Waals surface area contributed by atoms with Crippen molar-refractivity contribution < 1.29 is 9.53 Å². The largest absolute Gasteiger partial charge is 0.469 e. The zero-order valence-corrected chi connectivity index (χ0v) is 12.3. The second-order valence-electron chi connectivity index (χ2n) is 5.44. The van der Waals surface area contributed by atoms with Crippen LogP contribution < -0.4 is 5.32 Å². The van der Waals surface area contributed by atoms with Crippen LogP contribution in [0.2, 0.25) is 0 Å². The number of hydrogen-bond acceptors (Lipinski definition) is 3. The van der Waals surface area contributed by atoms with E-state index in [1.165, 1.54) is 23.4 Å². The fourth-order valence-corrected chi connectivity index (χ4v) is 2.26. The highest BCUT2D eigenvalue weighted by Gasteiger charge is 2.20. The van der Waals surface area contributed by atoms with Crippen LogP contribution in [0.1, 0.15) is 25.8 Å². The molecule has 0 aliphatic carbocycles. The molecule has 0 spiro atoms. The minimum Gasteiger partial charge on any atom is -0.469 e. The Morgan fingerprint density at radius 3 is 2.55 bits per heavy atom. The Hall–Kier alpha value is -1.87. The zero-order valence-electron chi connectivity index (χ0n) is 12.3. The molecule has 0 unspecified atom stereocenters. The van der Waals surface area contributed by atoms with Gasteiger partial charge in [0.15, 0.2) is 0 Å². The highest BCUT2D eigenvalue weighted by molar-refractivity contribution is 5.83. The third-order valence-electron chi connectivity index (χ3n) is 3.59. The molecule has 0 amide bonds. The van der Waals surface area contributed by atoms with Crippen molar-refractivity contribution in [3.05, 3.63) is 48.0 Å². The molecule has 1 N–H and O–H groups in total. The lowest BCUT2D eigenvalue weighted by molar-refractivity contribution is -0.140. The first-order valence-electron chi connectivity index (χ1n) is 6.84. The molecule has 0 aliphatic rings. The van der Waals surface area contributed by atoms with Gasteiger partial charge in [-0.1, -0.05) is 36.4 Å². The number of benzene rings is 2. The number of esters is 1. The minimum atomic E-state index is -0.188. The van der Waals surface area contributed by atoms with Crippen LogP contribution in [0.3, 0.4) is 0 Å². The summed E-state index contributed by atoms with van der Waals surface area (Å²) in [7, 11) is 1.41. The molecule has 2 rings (SSSR count). The van der Waals surface area contributed by atoms with Crippen LogP contribution in [0.15, 0.2) is 42.5 Å². The smallest absolute Gasteiger partial charge is 0.306 e. The van der Waals surface area contributed by atoms with E-state index in [9.17, 15) is 4.79 Å². The van der Waals surface area contributed by atoms with E-state index in [2.05, 4.69) is 54.2 Å². The number of nitrogens with one attached hydrogen (secondary N) is 1. The van der Waals surface area contributed by atoms with Crippen molar-refractivity contribution in [1.29, 1.82) is 0 Å². The molecular weight excluding hydrogens is 250 g/mol. The molecule has 3 nitrogen and oxygen atoms in total. The van der Waals surface area contributed by atoms with Gasteiger partial charge in [0.05, 0.1) is 13.5 Å². The minimum absolute atomic E-state index is 0.182. The third-order valence-corrected chi connectivity index (χ3v) is 3.59. The molecule has 0 atom stereocenters. The maximum atomic E-state index is 11.1. The third kappa shape index (κ3) is 3.36. The van der Waals surface area contributed by atoms with E-state index in [1.54, 1.807) is 0 Å². The van der Waals surface area contributed by atoms with Crippen LogP contribution in [0.5, 0.6) is 0 Å². The molecule has 2 aromatic rings. The normalized spacial score (nSPS) is 11.6. The Morgan fingerprint density at radius 1 is 1.15 bits per heavy atom. The number of methoxy groups -OCH3 is 1. The lowest BCUT2D eigenvalue weighted by Crippen LogP contribution is -2.37. The summed E-state index contributed by atoms with van der Waals surface area (Å²) in [6.07, 6.45) is 0.382. The topological polar surface area (TPSA) is 38.3 Å².